The molecule has 0 aromatic carbocycles. The summed E-state index contributed by atoms with van der Waals surface area (Å²) in [5.41, 5.74) is 6.03. The fraction of sp³-hybridized carbons (Fsp3) is 0.500. The van der Waals surface area contributed by atoms with Gasteiger partial charge in [-0.2, -0.15) is 0 Å². The largest absolute Gasteiger partial charge is 0.384 e. The normalized spacial score (nSPS) is 15.4. The molecule has 0 radical (unpaired) electrons. The van der Waals surface area contributed by atoms with Crippen LogP contribution < -0.4 is 10.6 Å². The number of nitrogens with one attached hydrogen (secondary N) is 1. The second-order valence-corrected chi connectivity index (χ2v) is 4.97. The lowest BCUT2D eigenvalue weighted by Gasteiger charge is -2.31. The molecule has 1 aromatic rings. The number of hydrogen-bond donors (Lipinski definition) is 2. The molecule has 0 unspecified atom stereocenters. The molecule has 0 saturated heterocycles. The summed E-state index contributed by atoms with van der Waals surface area (Å²) in [5.74, 6) is 1.45. The molecule has 5 heteroatoms. The molecule has 0 aliphatic heterocycles. The van der Waals surface area contributed by atoms with Gasteiger partial charge in [-0.15, -0.1) is 0 Å². The number of anilines is 1. The lowest BCUT2D eigenvalue weighted by atomic mass is 9.85. The Morgan fingerprint density at radius 2 is 2.35 bits per heavy atom. The predicted molar refractivity (Wildman–Crippen MR) is 70.9 cm³/mol. The van der Waals surface area contributed by atoms with Crippen molar-refractivity contribution < 1.29 is 0 Å². The van der Waals surface area contributed by atoms with E-state index in [-0.39, 0.29) is 5.84 Å². The smallest absolute Gasteiger partial charge is 0.147 e. The summed E-state index contributed by atoms with van der Waals surface area (Å²) < 4.78 is 0. The van der Waals surface area contributed by atoms with Gasteiger partial charge in [0.15, 0.2) is 0 Å². The molecule has 1 aliphatic rings. The van der Waals surface area contributed by atoms with E-state index in [1.807, 2.05) is 7.05 Å². The molecule has 92 valence electrons. The highest BCUT2D eigenvalue weighted by Crippen LogP contribution is 2.31. The van der Waals surface area contributed by atoms with Gasteiger partial charge in [0.1, 0.15) is 11.7 Å². The van der Waals surface area contributed by atoms with Crippen molar-refractivity contribution in [2.24, 2.45) is 11.7 Å². The van der Waals surface area contributed by atoms with Crippen LogP contribution in [0.25, 0.3) is 0 Å². The van der Waals surface area contributed by atoms with Crippen molar-refractivity contribution in [3.63, 3.8) is 0 Å². The maximum absolute atomic E-state index is 7.45. The Labute approximate surface area is 106 Å². The molecule has 0 spiro atoms. The van der Waals surface area contributed by atoms with E-state index in [1.54, 1.807) is 12.3 Å². The van der Waals surface area contributed by atoms with E-state index in [1.165, 1.54) is 19.3 Å². The fourth-order valence-corrected chi connectivity index (χ4v) is 2.41. The Balaban J connectivity index is 2.18. The van der Waals surface area contributed by atoms with Crippen molar-refractivity contribution >= 4 is 23.3 Å². The third kappa shape index (κ3) is 2.52. The van der Waals surface area contributed by atoms with Gasteiger partial charge in [0, 0.05) is 25.4 Å². The molecule has 2 rings (SSSR count). The highest BCUT2D eigenvalue weighted by Gasteiger charge is 2.21. The van der Waals surface area contributed by atoms with Crippen molar-refractivity contribution in [3.8, 4) is 0 Å². The molecule has 0 bridgehead atoms. The lowest BCUT2D eigenvalue weighted by molar-refractivity contribution is 0.321. The van der Waals surface area contributed by atoms with Gasteiger partial charge in [0.2, 0.25) is 0 Å². The average Bonchev–Trinajstić information content (AvgIpc) is 2.23. The van der Waals surface area contributed by atoms with Crippen LogP contribution in [0, 0.1) is 11.3 Å². The van der Waals surface area contributed by atoms with Crippen LogP contribution in [0.4, 0.5) is 5.82 Å². The van der Waals surface area contributed by atoms with Crippen LogP contribution in [0.3, 0.4) is 0 Å². The Morgan fingerprint density at radius 3 is 2.88 bits per heavy atom. The van der Waals surface area contributed by atoms with Crippen LogP contribution in [0.15, 0.2) is 12.3 Å². The third-order valence-electron chi connectivity index (χ3n) is 3.28. The number of amidine groups is 1. The van der Waals surface area contributed by atoms with Crippen LogP contribution in [0.5, 0.6) is 0 Å². The van der Waals surface area contributed by atoms with Crippen molar-refractivity contribution in [2.75, 3.05) is 18.5 Å². The number of nitrogen functional groups attached to an aromatic ring is 1. The zero-order valence-electron chi connectivity index (χ0n) is 9.91. The highest BCUT2D eigenvalue weighted by molar-refractivity contribution is 6.36. The van der Waals surface area contributed by atoms with E-state index in [9.17, 15) is 0 Å². The standard InChI is InChI=1S/C12H17ClN4/c1-17(7-8-3-2-4-8)12-10(13)9(11(14)15)5-6-16-12/h5-6,8H,2-4,7H2,1H3,(H3,14,15). The second-order valence-electron chi connectivity index (χ2n) is 4.59. The van der Waals surface area contributed by atoms with E-state index in [0.29, 0.717) is 16.4 Å². The summed E-state index contributed by atoms with van der Waals surface area (Å²) in [7, 11) is 1.98. The fourth-order valence-electron chi connectivity index (χ4n) is 2.06. The monoisotopic (exact) mass is 252 g/mol. The Morgan fingerprint density at radius 1 is 1.65 bits per heavy atom. The number of nitrogens with two attached hydrogens (primary N) is 1. The maximum Gasteiger partial charge on any atom is 0.147 e. The Hall–Kier alpha value is -1.29. The maximum atomic E-state index is 7.45. The van der Waals surface area contributed by atoms with E-state index in [4.69, 9.17) is 22.7 Å². The summed E-state index contributed by atoms with van der Waals surface area (Å²) in [6.07, 6.45) is 5.55. The molecule has 1 aromatic heterocycles. The van der Waals surface area contributed by atoms with Gasteiger partial charge in [0.05, 0.1) is 5.02 Å². The third-order valence-corrected chi connectivity index (χ3v) is 3.65. The van der Waals surface area contributed by atoms with Gasteiger partial charge in [-0.3, -0.25) is 5.41 Å². The summed E-state index contributed by atoms with van der Waals surface area (Å²) in [4.78, 5) is 6.33. The van der Waals surface area contributed by atoms with Gasteiger partial charge in [-0.05, 0) is 24.8 Å². The van der Waals surface area contributed by atoms with Crippen molar-refractivity contribution in [3.05, 3.63) is 22.8 Å². The number of nitrogens with zero attached hydrogens (tertiary/aromatic N) is 2. The topological polar surface area (TPSA) is 66.0 Å². The van der Waals surface area contributed by atoms with Crippen LogP contribution in [0.1, 0.15) is 24.8 Å². The van der Waals surface area contributed by atoms with Crippen molar-refractivity contribution in [1.82, 2.24) is 4.98 Å². The van der Waals surface area contributed by atoms with Gasteiger partial charge < -0.3 is 10.6 Å². The molecular formula is C12H17ClN4. The summed E-state index contributed by atoms with van der Waals surface area (Å²) in [5, 5.41) is 7.92. The first-order chi connectivity index (χ1) is 8.09. The Kier molecular flexibility index (Phi) is 3.52. The minimum Gasteiger partial charge on any atom is -0.384 e. The first kappa shape index (κ1) is 12.2. The van der Waals surface area contributed by atoms with Crippen molar-refractivity contribution in [2.45, 2.75) is 19.3 Å². The van der Waals surface area contributed by atoms with E-state index >= 15 is 0 Å². The van der Waals surface area contributed by atoms with Gasteiger partial charge >= 0.3 is 0 Å². The van der Waals surface area contributed by atoms with Gasteiger partial charge in [-0.1, -0.05) is 18.0 Å². The zero-order valence-corrected chi connectivity index (χ0v) is 10.7. The minimum absolute atomic E-state index is 0.0179. The highest BCUT2D eigenvalue weighted by atomic mass is 35.5. The van der Waals surface area contributed by atoms with Crippen molar-refractivity contribution in [1.29, 1.82) is 5.41 Å². The van der Waals surface area contributed by atoms with Crippen LogP contribution in [-0.2, 0) is 0 Å². The summed E-state index contributed by atoms with van der Waals surface area (Å²) in [6, 6.07) is 1.67. The van der Waals surface area contributed by atoms with Gasteiger partial charge in [-0.25, -0.2) is 4.98 Å². The molecular weight excluding hydrogens is 236 g/mol. The van der Waals surface area contributed by atoms with Crippen LogP contribution in [0.2, 0.25) is 5.02 Å². The van der Waals surface area contributed by atoms with Crippen LogP contribution in [-0.4, -0.2) is 24.4 Å². The quantitative estimate of drug-likeness (QED) is 0.638. The molecule has 1 heterocycles. The Bertz CT molecular complexity index is 429. The molecule has 0 atom stereocenters. The molecule has 4 nitrogen and oxygen atoms in total. The van der Waals surface area contributed by atoms with E-state index in [0.717, 1.165) is 12.5 Å². The van der Waals surface area contributed by atoms with Crippen LogP contribution >= 0.6 is 11.6 Å². The average molecular weight is 253 g/mol. The van der Waals surface area contributed by atoms with Gasteiger partial charge in [0.25, 0.3) is 0 Å². The SMILES string of the molecule is CN(CC1CCC1)c1nccc(C(=N)N)c1Cl. The lowest BCUT2D eigenvalue weighted by Crippen LogP contribution is -2.30. The first-order valence-electron chi connectivity index (χ1n) is 5.79. The number of pyridine rings is 1. The minimum atomic E-state index is -0.0179. The summed E-state index contributed by atoms with van der Waals surface area (Å²) in [6.45, 7) is 0.966. The molecule has 1 fully saturated rings. The van der Waals surface area contributed by atoms with E-state index < -0.39 is 0 Å². The molecule has 0 amide bonds. The molecule has 1 saturated carbocycles. The number of aromatic nitrogens is 1. The number of rotatable bonds is 4. The number of hydrogen-bond acceptors (Lipinski definition) is 3. The van der Waals surface area contributed by atoms with E-state index in [2.05, 4.69) is 9.88 Å². The summed E-state index contributed by atoms with van der Waals surface area (Å²) >= 11 is 6.22. The second kappa shape index (κ2) is 4.92. The molecule has 3 N–H and O–H groups in total. The zero-order chi connectivity index (χ0) is 12.4. The first-order valence-corrected chi connectivity index (χ1v) is 6.17. The molecule has 1 aliphatic carbocycles. The predicted octanol–water partition coefficient (Wildman–Crippen LogP) is 2.26. The molecule has 17 heavy (non-hydrogen) atoms. The number of halogens is 1.